The number of ether oxygens (including phenoxy) is 1. The minimum Gasteiger partial charge on any atom is -0.460 e. The largest absolute Gasteiger partial charge is 0.460 e. The predicted molar refractivity (Wildman–Crippen MR) is 92.3 cm³/mol. The number of benzene rings is 1. The molecule has 0 heterocycles. The highest BCUT2D eigenvalue weighted by Gasteiger charge is 2.40. The summed E-state index contributed by atoms with van der Waals surface area (Å²) in [5.41, 5.74) is 1.20. The molecule has 23 heavy (non-hydrogen) atoms. The monoisotopic (exact) mass is 322 g/mol. The van der Waals surface area contributed by atoms with Gasteiger partial charge in [-0.3, -0.25) is 4.79 Å². The number of carbonyl (C=O) groups is 2. The number of hydrogen-bond donors (Lipinski definition) is 1. The molecule has 4 heteroatoms. The first-order valence-electron chi connectivity index (χ1n) is 8.03. The normalized spacial score (nSPS) is 14.4. The van der Waals surface area contributed by atoms with E-state index in [-0.39, 0.29) is 12.4 Å². The fourth-order valence-corrected chi connectivity index (χ4v) is 2.64. The summed E-state index contributed by atoms with van der Waals surface area (Å²) in [6.07, 6.45) is 2.34. The average Bonchev–Trinajstić information content (AvgIpc) is 2.87. The van der Waals surface area contributed by atoms with Crippen LogP contribution in [0.1, 0.15) is 52.2 Å². The highest BCUT2D eigenvalue weighted by Crippen LogP contribution is 2.38. The van der Waals surface area contributed by atoms with Crippen LogP contribution in [0.3, 0.4) is 0 Å². The molecule has 1 aliphatic carbocycles. The van der Waals surface area contributed by atoms with E-state index in [9.17, 15) is 9.59 Å². The number of rotatable bonds is 3. The van der Waals surface area contributed by atoms with Crippen LogP contribution in [0.25, 0.3) is 0 Å². The number of aliphatic hydroxyl groups is 1. The number of aliphatic hydroxyl groups excluding tert-OH is 1. The van der Waals surface area contributed by atoms with Crippen LogP contribution in [-0.4, -0.2) is 30.1 Å². The van der Waals surface area contributed by atoms with Crippen LogP contribution in [0.4, 0.5) is 0 Å². The molecule has 1 aliphatic rings. The van der Waals surface area contributed by atoms with E-state index in [4.69, 9.17) is 9.84 Å². The van der Waals surface area contributed by atoms with Gasteiger partial charge in [-0.05, 0) is 44.7 Å². The molecule has 0 saturated heterocycles. The van der Waals surface area contributed by atoms with Crippen LogP contribution < -0.4 is 0 Å². The summed E-state index contributed by atoms with van der Waals surface area (Å²) >= 11 is 0. The Balaban J connectivity index is 0.00000112. The van der Waals surface area contributed by atoms with Gasteiger partial charge < -0.3 is 14.6 Å². The molecule has 1 aromatic carbocycles. The Labute approximate surface area is 139 Å². The lowest BCUT2D eigenvalue weighted by atomic mass is 9.83. The van der Waals surface area contributed by atoms with Crippen LogP contribution >= 0.6 is 0 Å². The van der Waals surface area contributed by atoms with Gasteiger partial charge in [0.25, 0.3) is 0 Å². The summed E-state index contributed by atoms with van der Waals surface area (Å²) in [7, 11) is 1.00. The van der Waals surface area contributed by atoms with E-state index in [2.05, 4.69) is 0 Å². The molecule has 0 aromatic heterocycles. The third-order valence-corrected chi connectivity index (χ3v) is 3.37. The van der Waals surface area contributed by atoms with E-state index >= 15 is 0 Å². The lowest BCUT2D eigenvalue weighted by Gasteiger charge is -2.25. The van der Waals surface area contributed by atoms with Gasteiger partial charge in [-0.1, -0.05) is 38.1 Å². The molecular formula is C19H30O4. The van der Waals surface area contributed by atoms with E-state index in [0.29, 0.717) is 12.8 Å². The van der Waals surface area contributed by atoms with Gasteiger partial charge in [0.1, 0.15) is 11.9 Å². The van der Waals surface area contributed by atoms with Crippen molar-refractivity contribution in [3.8, 4) is 0 Å². The molecule has 0 spiro atoms. The number of fused-ring (bicyclic) bond motifs is 1. The van der Waals surface area contributed by atoms with Crippen molar-refractivity contribution < 1.29 is 19.4 Å². The fourth-order valence-electron chi connectivity index (χ4n) is 2.64. The maximum absolute atomic E-state index is 11.9. The molecule has 0 bridgehead atoms. The molecule has 130 valence electrons. The lowest BCUT2D eigenvalue weighted by Crippen LogP contribution is -2.32. The van der Waals surface area contributed by atoms with Crippen LogP contribution in [0, 0.1) is 5.41 Å². The number of carbonyl (C=O) groups excluding carboxylic acids is 2. The molecule has 0 radical (unpaired) electrons. The van der Waals surface area contributed by atoms with Crippen molar-refractivity contribution in [2.45, 2.75) is 59.5 Å². The summed E-state index contributed by atoms with van der Waals surface area (Å²) < 4.78 is 5.33. The van der Waals surface area contributed by atoms with Crippen LogP contribution in [-0.2, 0) is 27.2 Å². The van der Waals surface area contributed by atoms with Gasteiger partial charge in [-0.2, -0.15) is 0 Å². The summed E-state index contributed by atoms with van der Waals surface area (Å²) in [5, 5.41) is 7.00. The smallest absolute Gasteiger partial charge is 0.307 e. The van der Waals surface area contributed by atoms with Crippen LogP contribution in [0.2, 0.25) is 0 Å². The highest BCUT2D eigenvalue weighted by molar-refractivity contribution is 5.77. The fraction of sp³-hybridized carbons (Fsp3) is 0.579. The predicted octanol–water partition coefficient (Wildman–Crippen LogP) is 3.34. The van der Waals surface area contributed by atoms with Gasteiger partial charge in [0.15, 0.2) is 0 Å². The quantitative estimate of drug-likeness (QED) is 0.685. The van der Waals surface area contributed by atoms with E-state index < -0.39 is 11.0 Å². The van der Waals surface area contributed by atoms with Crippen LogP contribution in [0.15, 0.2) is 24.3 Å². The molecule has 1 aromatic rings. The van der Waals surface area contributed by atoms with Gasteiger partial charge in [0.05, 0.1) is 6.42 Å². The summed E-state index contributed by atoms with van der Waals surface area (Å²) in [5.74, 6) is -0.299. The Morgan fingerprint density at radius 3 is 1.96 bits per heavy atom. The number of aldehydes is 1. The zero-order chi connectivity index (χ0) is 18.1. The standard InChI is InChI=1S/C16H20O3.C2H6.CH4O/c1-15(2,3)19-14(18)10-16(11-17)8-12-6-4-5-7-13(12)9-16;2*1-2/h4-7,11H,8-10H2,1-3H3;1-2H3;2H,1H3. The molecular weight excluding hydrogens is 292 g/mol. The van der Waals surface area contributed by atoms with Crippen molar-refractivity contribution in [3.05, 3.63) is 35.4 Å². The SMILES string of the molecule is CC.CC(C)(C)OC(=O)CC1(C=O)Cc2ccccc2C1.CO. The topological polar surface area (TPSA) is 63.6 Å². The average molecular weight is 322 g/mol. The van der Waals surface area contributed by atoms with E-state index in [0.717, 1.165) is 24.5 Å². The van der Waals surface area contributed by atoms with Crippen molar-refractivity contribution in [2.75, 3.05) is 7.11 Å². The molecule has 4 nitrogen and oxygen atoms in total. The third-order valence-electron chi connectivity index (χ3n) is 3.37. The first-order chi connectivity index (χ1) is 10.8. The van der Waals surface area contributed by atoms with E-state index in [1.54, 1.807) is 0 Å². The maximum Gasteiger partial charge on any atom is 0.307 e. The first kappa shape index (κ1) is 21.3. The van der Waals surface area contributed by atoms with Gasteiger partial charge in [0.2, 0.25) is 0 Å². The Morgan fingerprint density at radius 1 is 1.17 bits per heavy atom. The second kappa shape index (κ2) is 9.46. The minimum atomic E-state index is -0.619. The molecule has 0 saturated carbocycles. The van der Waals surface area contributed by atoms with E-state index in [1.165, 1.54) is 0 Å². The second-order valence-corrected chi connectivity index (χ2v) is 6.37. The van der Waals surface area contributed by atoms with Crippen molar-refractivity contribution in [3.63, 3.8) is 0 Å². The maximum atomic E-state index is 11.9. The summed E-state index contributed by atoms with van der Waals surface area (Å²) in [4.78, 5) is 23.4. The number of hydrogen-bond acceptors (Lipinski definition) is 4. The Hall–Kier alpha value is -1.68. The molecule has 0 unspecified atom stereocenters. The van der Waals surface area contributed by atoms with Crippen molar-refractivity contribution in [1.82, 2.24) is 0 Å². The molecule has 0 amide bonds. The first-order valence-corrected chi connectivity index (χ1v) is 8.03. The molecule has 0 aliphatic heterocycles. The van der Waals surface area contributed by atoms with Gasteiger partial charge in [-0.15, -0.1) is 0 Å². The zero-order valence-corrected chi connectivity index (χ0v) is 15.2. The van der Waals surface area contributed by atoms with Gasteiger partial charge in [0, 0.05) is 12.5 Å². The minimum absolute atomic E-state index is 0.155. The van der Waals surface area contributed by atoms with Gasteiger partial charge >= 0.3 is 5.97 Å². The van der Waals surface area contributed by atoms with Crippen molar-refractivity contribution >= 4 is 12.3 Å². The molecule has 0 atom stereocenters. The molecule has 1 N–H and O–H groups in total. The van der Waals surface area contributed by atoms with Crippen molar-refractivity contribution in [2.24, 2.45) is 5.41 Å². The number of esters is 1. The molecule has 2 rings (SSSR count). The summed E-state index contributed by atoms with van der Waals surface area (Å²) in [6.45, 7) is 9.51. The zero-order valence-electron chi connectivity index (χ0n) is 15.2. The van der Waals surface area contributed by atoms with Gasteiger partial charge in [-0.25, -0.2) is 0 Å². The van der Waals surface area contributed by atoms with Crippen molar-refractivity contribution in [1.29, 1.82) is 0 Å². The Bertz CT molecular complexity index is 475. The Morgan fingerprint density at radius 2 is 1.61 bits per heavy atom. The summed E-state index contributed by atoms with van der Waals surface area (Å²) in [6, 6.07) is 7.98. The second-order valence-electron chi connectivity index (χ2n) is 6.37. The van der Waals surface area contributed by atoms with E-state index in [1.807, 2.05) is 58.9 Å². The Kier molecular flexibility index (Phi) is 8.77. The van der Waals surface area contributed by atoms with Crippen LogP contribution in [0.5, 0.6) is 0 Å². The third kappa shape index (κ3) is 6.53. The lowest BCUT2D eigenvalue weighted by molar-refractivity contribution is -0.158. The molecule has 0 fully saturated rings. The highest BCUT2D eigenvalue weighted by atomic mass is 16.6.